The summed E-state index contributed by atoms with van der Waals surface area (Å²) in [7, 11) is 0. The van der Waals surface area contributed by atoms with E-state index in [-0.39, 0.29) is 19.0 Å². The van der Waals surface area contributed by atoms with Crippen molar-refractivity contribution in [3.63, 3.8) is 0 Å². The van der Waals surface area contributed by atoms with Gasteiger partial charge in [-0.15, -0.1) is 21.5 Å². The molecule has 25 heavy (non-hydrogen) atoms. The van der Waals surface area contributed by atoms with Gasteiger partial charge in [-0.25, -0.2) is 4.79 Å². The quantitative estimate of drug-likeness (QED) is 0.883. The van der Waals surface area contributed by atoms with E-state index in [2.05, 4.69) is 17.1 Å². The summed E-state index contributed by atoms with van der Waals surface area (Å²) >= 11 is 1.62. The molecule has 2 unspecified atom stereocenters. The minimum Gasteiger partial charge on any atom is -0.480 e. The smallest absolute Gasteiger partial charge is 0.328 e. The van der Waals surface area contributed by atoms with E-state index in [4.69, 9.17) is 0 Å². The molecule has 3 heterocycles. The predicted molar refractivity (Wildman–Crippen MR) is 91.6 cm³/mol. The van der Waals surface area contributed by atoms with Gasteiger partial charge < -0.3 is 14.6 Å². The minimum atomic E-state index is -0.996. The van der Waals surface area contributed by atoms with Crippen LogP contribution in [0.3, 0.4) is 0 Å². The topological polar surface area (TPSA) is 88.3 Å². The van der Waals surface area contributed by atoms with E-state index in [1.54, 1.807) is 22.8 Å². The number of carboxylic acids is 1. The fraction of sp³-hybridized carbons (Fsp3) is 0.529. The van der Waals surface area contributed by atoms with Crippen LogP contribution in [0.2, 0.25) is 0 Å². The number of carbonyl (C=O) groups excluding carboxylic acids is 1. The van der Waals surface area contributed by atoms with Crippen molar-refractivity contribution >= 4 is 23.2 Å². The normalized spacial score (nSPS) is 22.4. The second-order valence-corrected chi connectivity index (χ2v) is 7.92. The molecule has 0 saturated heterocycles. The summed E-state index contributed by atoms with van der Waals surface area (Å²) in [5.41, 5.74) is 1.78. The Morgan fingerprint density at radius 1 is 1.36 bits per heavy atom. The summed E-state index contributed by atoms with van der Waals surface area (Å²) < 4.78 is 1.79. The number of aliphatic carboxylic acids is 1. The van der Waals surface area contributed by atoms with E-state index in [1.807, 2.05) is 5.38 Å². The zero-order chi connectivity index (χ0) is 17.7. The number of thiophene rings is 1. The number of aryl methyl sites for hydroxylation is 1. The average molecular weight is 360 g/mol. The molecule has 132 valence electrons. The number of carbonyl (C=O) groups is 2. The van der Waals surface area contributed by atoms with Gasteiger partial charge >= 0.3 is 5.97 Å². The van der Waals surface area contributed by atoms with Gasteiger partial charge in [-0.2, -0.15) is 0 Å². The van der Waals surface area contributed by atoms with Crippen LogP contribution in [0.5, 0.6) is 0 Å². The van der Waals surface area contributed by atoms with Crippen molar-refractivity contribution < 1.29 is 14.7 Å². The zero-order valence-corrected chi connectivity index (χ0v) is 15.0. The summed E-state index contributed by atoms with van der Waals surface area (Å²) in [6, 6.07) is -0.896. The van der Waals surface area contributed by atoms with Crippen LogP contribution in [0.15, 0.2) is 5.38 Å². The molecule has 2 aromatic heterocycles. The van der Waals surface area contributed by atoms with E-state index in [1.165, 1.54) is 9.78 Å². The van der Waals surface area contributed by atoms with Crippen molar-refractivity contribution in [2.24, 2.45) is 5.92 Å². The molecule has 0 aromatic carbocycles. The number of rotatable bonds is 2. The average Bonchev–Trinajstić information content (AvgIpc) is 3.16. The maximum absolute atomic E-state index is 13.2. The minimum absolute atomic E-state index is 0.178. The van der Waals surface area contributed by atoms with Gasteiger partial charge in [0.1, 0.15) is 11.9 Å². The van der Waals surface area contributed by atoms with Crippen LogP contribution in [0.1, 0.15) is 45.8 Å². The van der Waals surface area contributed by atoms with E-state index < -0.39 is 12.0 Å². The lowest BCUT2D eigenvalue weighted by molar-refractivity contribution is -0.143. The van der Waals surface area contributed by atoms with E-state index in [0.29, 0.717) is 23.1 Å². The van der Waals surface area contributed by atoms with Crippen LogP contribution in [-0.4, -0.2) is 42.7 Å². The van der Waals surface area contributed by atoms with Crippen LogP contribution in [0.4, 0.5) is 0 Å². The lowest BCUT2D eigenvalue weighted by atomic mass is 9.88. The van der Waals surface area contributed by atoms with Gasteiger partial charge in [0.2, 0.25) is 0 Å². The molecule has 1 N–H and O–H groups in total. The van der Waals surface area contributed by atoms with E-state index in [9.17, 15) is 14.7 Å². The first-order chi connectivity index (χ1) is 12.0. The van der Waals surface area contributed by atoms with Crippen molar-refractivity contribution in [3.8, 4) is 0 Å². The number of hydrogen-bond donors (Lipinski definition) is 1. The summed E-state index contributed by atoms with van der Waals surface area (Å²) in [6.07, 6.45) is 2.96. The van der Waals surface area contributed by atoms with Gasteiger partial charge in [0.15, 0.2) is 5.82 Å². The maximum Gasteiger partial charge on any atom is 0.328 e. The predicted octanol–water partition coefficient (Wildman–Crippen LogP) is 1.88. The van der Waals surface area contributed by atoms with Crippen LogP contribution in [-0.2, 0) is 30.7 Å². The number of nitrogens with zero attached hydrogens (tertiary/aromatic N) is 4. The SMILES string of the molecule is Cc1nnc2n1CC(C(=O)O)N(C(=O)c1csc3c1CCC(C)C3)C2. The third-order valence-corrected chi connectivity index (χ3v) is 6.29. The third-order valence-electron chi connectivity index (χ3n) is 5.23. The van der Waals surface area contributed by atoms with Gasteiger partial charge in [0.25, 0.3) is 5.91 Å². The maximum atomic E-state index is 13.2. The molecule has 0 spiro atoms. The first-order valence-electron chi connectivity index (χ1n) is 8.47. The highest BCUT2D eigenvalue weighted by Gasteiger charge is 2.38. The summed E-state index contributed by atoms with van der Waals surface area (Å²) in [4.78, 5) is 27.6. The molecule has 0 bridgehead atoms. The van der Waals surface area contributed by atoms with Crippen molar-refractivity contribution in [2.75, 3.05) is 0 Å². The Balaban J connectivity index is 1.68. The Bertz CT molecular complexity index is 856. The fourth-order valence-corrected chi connectivity index (χ4v) is 4.99. The fourth-order valence-electron chi connectivity index (χ4n) is 3.75. The Kier molecular flexibility index (Phi) is 3.87. The monoisotopic (exact) mass is 360 g/mol. The van der Waals surface area contributed by atoms with Crippen molar-refractivity contribution in [3.05, 3.63) is 33.0 Å². The second kappa shape index (κ2) is 5.94. The lowest BCUT2D eigenvalue weighted by Gasteiger charge is -2.33. The van der Waals surface area contributed by atoms with Gasteiger partial charge in [0.05, 0.1) is 18.7 Å². The number of fused-ring (bicyclic) bond motifs is 2. The molecular formula is C17H20N4O3S. The van der Waals surface area contributed by atoms with Crippen LogP contribution in [0, 0.1) is 12.8 Å². The number of aromatic nitrogens is 3. The molecule has 2 aromatic rings. The van der Waals surface area contributed by atoms with Crippen molar-refractivity contribution in [1.82, 2.24) is 19.7 Å². The zero-order valence-electron chi connectivity index (χ0n) is 14.2. The number of amides is 1. The van der Waals surface area contributed by atoms with Crippen molar-refractivity contribution in [1.29, 1.82) is 0 Å². The van der Waals surface area contributed by atoms with Crippen LogP contribution >= 0.6 is 11.3 Å². The lowest BCUT2D eigenvalue weighted by Crippen LogP contribution is -2.50. The Hall–Kier alpha value is -2.22. The summed E-state index contributed by atoms with van der Waals surface area (Å²) in [5, 5.41) is 19.6. The number of carboxylic acid groups (broad SMARTS) is 1. The third kappa shape index (κ3) is 2.64. The molecule has 1 aliphatic heterocycles. The molecule has 2 atom stereocenters. The van der Waals surface area contributed by atoms with Gasteiger partial charge in [0, 0.05) is 10.3 Å². The molecular weight excluding hydrogens is 340 g/mol. The molecule has 8 heteroatoms. The summed E-state index contributed by atoms with van der Waals surface area (Å²) in [6.45, 7) is 4.39. The molecule has 7 nitrogen and oxygen atoms in total. The Morgan fingerprint density at radius 2 is 2.16 bits per heavy atom. The highest BCUT2D eigenvalue weighted by molar-refractivity contribution is 7.10. The second-order valence-electron chi connectivity index (χ2n) is 6.96. The molecule has 0 saturated carbocycles. The number of hydrogen-bond acceptors (Lipinski definition) is 5. The molecule has 2 aliphatic rings. The van der Waals surface area contributed by atoms with Crippen molar-refractivity contribution in [2.45, 2.75) is 52.2 Å². The molecule has 0 radical (unpaired) electrons. The highest BCUT2D eigenvalue weighted by atomic mass is 32.1. The van der Waals surface area contributed by atoms with E-state index >= 15 is 0 Å². The van der Waals surface area contributed by atoms with E-state index in [0.717, 1.165) is 24.8 Å². The highest BCUT2D eigenvalue weighted by Crippen LogP contribution is 2.34. The van der Waals surface area contributed by atoms with Crippen LogP contribution in [0.25, 0.3) is 0 Å². The Labute approximate surface area is 149 Å². The molecule has 1 aliphatic carbocycles. The van der Waals surface area contributed by atoms with Gasteiger partial charge in [-0.3, -0.25) is 4.79 Å². The summed E-state index contributed by atoms with van der Waals surface area (Å²) in [5.74, 6) is 0.755. The largest absolute Gasteiger partial charge is 0.480 e. The van der Waals surface area contributed by atoms with Gasteiger partial charge in [-0.05, 0) is 37.7 Å². The first kappa shape index (κ1) is 16.3. The Morgan fingerprint density at radius 3 is 2.92 bits per heavy atom. The van der Waals surface area contributed by atoms with Crippen LogP contribution < -0.4 is 0 Å². The molecule has 1 amide bonds. The first-order valence-corrected chi connectivity index (χ1v) is 9.35. The standard InChI is InChI=1S/C17H20N4O3S/c1-9-3-4-11-12(8-25-14(11)5-9)16(22)21-7-15-19-18-10(2)20(15)6-13(21)17(23)24/h8-9,13H,3-7H2,1-2H3,(H,23,24). The van der Waals surface area contributed by atoms with Gasteiger partial charge in [-0.1, -0.05) is 6.92 Å². The molecule has 0 fully saturated rings. The molecule has 4 rings (SSSR count).